The quantitative estimate of drug-likeness (QED) is 0.488. The normalized spacial score (nSPS) is 27.8. The Bertz CT molecular complexity index is 1040. The standard InChI is InChI=1S/C25H28N2O5/c1-31-19-4-5-21(22(11-19)27(29)30)26-24(28)18-3-6-23(32-2)20(10-18)25-12-15-7-16(13-25)9-17(8-15)14-25/h3-6,10-11,15-17H,7-9,12-14H2,1-2H3,(H,26,28). The first-order chi connectivity index (χ1) is 15.4. The number of methoxy groups -OCH3 is 2. The second kappa shape index (κ2) is 7.80. The highest BCUT2D eigenvalue weighted by Crippen LogP contribution is 2.61. The summed E-state index contributed by atoms with van der Waals surface area (Å²) >= 11 is 0. The van der Waals surface area contributed by atoms with Gasteiger partial charge in [-0.2, -0.15) is 0 Å². The van der Waals surface area contributed by atoms with Crippen LogP contribution in [0, 0.1) is 27.9 Å². The SMILES string of the molecule is COc1ccc(NC(=O)c2ccc(OC)c(C34CC5CC(CC(C5)C3)C4)c2)c([N+](=O)[O-])c1. The Morgan fingerprint density at radius 2 is 1.66 bits per heavy atom. The number of rotatable bonds is 6. The number of anilines is 1. The minimum atomic E-state index is -0.521. The van der Waals surface area contributed by atoms with Crippen molar-refractivity contribution in [2.24, 2.45) is 17.8 Å². The Hall–Kier alpha value is -3.09. The number of benzene rings is 2. The third-order valence-corrected chi connectivity index (χ3v) is 7.72. The van der Waals surface area contributed by atoms with Crippen molar-refractivity contribution in [3.63, 3.8) is 0 Å². The van der Waals surface area contributed by atoms with E-state index < -0.39 is 4.92 Å². The molecule has 4 bridgehead atoms. The van der Waals surface area contributed by atoms with E-state index >= 15 is 0 Å². The Kier molecular flexibility index (Phi) is 5.07. The van der Waals surface area contributed by atoms with Crippen LogP contribution >= 0.6 is 0 Å². The highest BCUT2D eigenvalue weighted by molar-refractivity contribution is 6.05. The Morgan fingerprint density at radius 3 is 2.22 bits per heavy atom. The molecule has 4 aliphatic rings. The van der Waals surface area contributed by atoms with Crippen LogP contribution in [0.2, 0.25) is 0 Å². The monoisotopic (exact) mass is 436 g/mol. The number of ether oxygens (including phenoxy) is 2. The Balaban J connectivity index is 1.47. The number of hydrogen-bond donors (Lipinski definition) is 1. The number of nitrogens with zero attached hydrogens (tertiary/aromatic N) is 1. The van der Waals surface area contributed by atoms with Crippen molar-refractivity contribution < 1.29 is 19.2 Å². The van der Waals surface area contributed by atoms with Gasteiger partial charge in [-0.15, -0.1) is 0 Å². The van der Waals surface area contributed by atoms with E-state index in [4.69, 9.17) is 9.47 Å². The molecule has 0 spiro atoms. The summed E-state index contributed by atoms with van der Waals surface area (Å²) in [6.45, 7) is 0. The average molecular weight is 437 g/mol. The predicted molar refractivity (Wildman–Crippen MR) is 120 cm³/mol. The van der Waals surface area contributed by atoms with E-state index in [1.165, 1.54) is 38.5 Å². The molecule has 4 aliphatic carbocycles. The van der Waals surface area contributed by atoms with Crippen LogP contribution in [0.3, 0.4) is 0 Å². The second-order valence-corrected chi connectivity index (χ2v) is 9.71. The van der Waals surface area contributed by atoms with Crippen molar-refractivity contribution in [1.29, 1.82) is 0 Å². The molecule has 1 amide bonds. The summed E-state index contributed by atoms with van der Waals surface area (Å²) in [5.74, 6) is 3.13. The molecular formula is C25H28N2O5. The van der Waals surface area contributed by atoms with Gasteiger partial charge in [-0.1, -0.05) is 0 Å². The smallest absolute Gasteiger partial charge is 0.296 e. The first kappa shape index (κ1) is 20.8. The summed E-state index contributed by atoms with van der Waals surface area (Å²) in [6.07, 6.45) is 7.48. The maximum Gasteiger partial charge on any atom is 0.296 e. The molecule has 0 unspecified atom stereocenters. The second-order valence-electron chi connectivity index (χ2n) is 9.71. The van der Waals surface area contributed by atoms with Crippen LogP contribution in [0.5, 0.6) is 11.5 Å². The predicted octanol–water partition coefficient (Wildman–Crippen LogP) is 5.33. The van der Waals surface area contributed by atoms with Crippen molar-refractivity contribution in [3.05, 3.63) is 57.6 Å². The fourth-order valence-corrected chi connectivity index (χ4v) is 6.79. The van der Waals surface area contributed by atoms with Crippen LogP contribution in [-0.4, -0.2) is 25.1 Å². The number of nitro benzene ring substituents is 1. The molecule has 0 radical (unpaired) electrons. The zero-order valence-corrected chi connectivity index (χ0v) is 18.4. The van der Waals surface area contributed by atoms with Gasteiger partial charge in [0.2, 0.25) is 0 Å². The van der Waals surface area contributed by atoms with Gasteiger partial charge >= 0.3 is 0 Å². The summed E-state index contributed by atoms with van der Waals surface area (Å²) in [7, 11) is 3.13. The first-order valence-corrected chi connectivity index (χ1v) is 11.2. The van der Waals surface area contributed by atoms with E-state index in [0.29, 0.717) is 11.3 Å². The lowest BCUT2D eigenvalue weighted by Crippen LogP contribution is -2.48. The molecule has 0 atom stereocenters. The van der Waals surface area contributed by atoms with Gasteiger partial charge in [0.1, 0.15) is 17.2 Å². The van der Waals surface area contributed by atoms with E-state index in [0.717, 1.165) is 48.3 Å². The molecule has 1 N–H and O–H groups in total. The van der Waals surface area contributed by atoms with E-state index in [-0.39, 0.29) is 22.7 Å². The van der Waals surface area contributed by atoms with Gasteiger partial charge in [-0.3, -0.25) is 14.9 Å². The minimum Gasteiger partial charge on any atom is -0.496 e. The lowest BCUT2D eigenvalue weighted by molar-refractivity contribution is -0.384. The van der Waals surface area contributed by atoms with Crippen molar-refractivity contribution in [1.82, 2.24) is 0 Å². The van der Waals surface area contributed by atoms with Gasteiger partial charge in [-0.05, 0) is 92.0 Å². The summed E-state index contributed by atoms with van der Waals surface area (Å²) in [5.41, 5.74) is 1.63. The van der Waals surface area contributed by atoms with E-state index in [1.807, 2.05) is 12.1 Å². The van der Waals surface area contributed by atoms with Gasteiger partial charge in [0.15, 0.2) is 0 Å². The summed E-state index contributed by atoms with van der Waals surface area (Å²) in [6, 6.07) is 9.95. The van der Waals surface area contributed by atoms with Crippen LogP contribution in [0.1, 0.15) is 54.4 Å². The van der Waals surface area contributed by atoms with Crippen molar-refractivity contribution in [2.45, 2.75) is 43.9 Å². The summed E-state index contributed by atoms with van der Waals surface area (Å²) in [4.78, 5) is 24.1. The lowest BCUT2D eigenvalue weighted by atomic mass is 9.48. The fourth-order valence-electron chi connectivity index (χ4n) is 6.79. The zero-order chi connectivity index (χ0) is 22.5. The summed E-state index contributed by atoms with van der Waals surface area (Å²) in [5, 5.41) is 14.2. The molecule has 7 heteroatoms. The molecule has 168 valence electrons. The molecule has 0 saturated heterocycles. The lowest BCUT2D eigenvalue weighted by Gasteiger charge is -2.57. The Morgan fingerprint density at radius 1 is 1.00 bits per heavy atom. The largest absolute Gasteiger partial charge is 0.496 e. The number of carbonyl (C=O) groups is 1. The molecule has 2 aromatic carbocycles. The van der Waals surface area contributed by atoms with Crippen molar-refractivity contribution >= 4 is 17.3 Å². The molecule has 4 saturated carbocycles. The van der Waals surface area contributed by atoms with E-state index in [2.05, 4.69) is 5.32 Å². The van der Waals surface area contributed by atoms with Crippen LogP contribution in [0.25, 0.3) is 0 Å². The van der Waals surface area contributed by atoms with E-state index in [9.17, 15) is 14.9 Å². The van der Waals surface area contributed by atoms with Gasteiger partial charge in [0.25, 0.3) is 11.6 Å². The molecule has 2 aromatic rings. The maximum atomic E-state index is 13.1. The van der Waals surface area contributed by atoms with Crippen LogP contribution in [0.4, 0.5) is 11.4 Å². The molecule has 7 nitrogen and oxygen atoms in total. The van der Waals surface area contributed by atoms with Gasteiger partial charge in [0.05, 0.1) is 25.2 Å². The van der Waals surface area contributed by atoms with Gasteiger partial charge in [-0.25, -0.2) is 0 Å². The number of nitro groups is 1. The van der Waals surface area contributed by atoms with Crippen LogP contribution in [-0.2, 0) is 5.41 Å². The first-order valence-electron chi connectivity index (χ1n) is 11.2. The highest BCUT2D eigenvalue weighted by Gasteiger charge is 2.52. The number of nitrogens with one attached hydrogen (secondary N) is 1. The molecule has 0 aliphatic heterocycles. The summed E-state index contributed by atoms with van der Waals surface area (Å²) < 4.78 is 10.8. The minimum absolute atomic E-state index is 0.0719. The topological polar surface area (TPSA) is 90.7 Å². The van der Waals surface area contributed by atoms with Crippen LogP contribution < -0.4 is 14.8 Å². The molecular weight excluding hydrogens is 408 g/mol. The van der Waals surface area contributed by atoms with E-state index in [1.54, 1.807) is 19.2 Å². The third-order valence-electron chi connectivity index (χ3n) is 7.72. The third kappa shape index (κ3) is 3.49. The Labute approximate surface area is 187 Å². The molecule has 32 heavy (non-hydrogen) atoms. The molecule has 6 rings (SSSR count). The average Bonchev–Trinajstić information content (AvgIpc) is 2.77. The van der Waals surface area contributed by atoms with Crippen molar-refractivity contribution in [2.75, 3.05) is 19.5 Å². The van der Waals surface area contributed by atoms with Crippen LogP contribution in [0.15, 0.2) is 36.4 Å². The molecule has 0 aromatic heterocycles. The molecule has 4 fully saturated rings. The number of hydrogen-bond acceptors (Lipinski definition) is 5. The maximum absolute atomic E-state index is 13.1. The van der Waals surface area contributed by atoms with Crippen molar-refractivity contribution in [3.8, 4) is 11.5 Å². The highest BCUT2D eigenvalue weighted by atomic mass is 16.6. The van der Waals surface area contributed by atoms with Gasteiger partial charge < -0.3 is 14.8 Å². The van der Waals surface area contributed by atoms with Gasteiger partial charge in [0, 0.05) is 11.1 Å². The number of carbonyl (C=O) groups excluding carboxylic acids is 1. The molecule has 0 heterocycles. The number of amides is 1. The zero-order valence-electron chi connectivity index (χ0n) is 18.4. The fraction of sp³-hybridized carbons (Fsp3) is 0.480.